The Hall–Kier alpha value is -2.13. The van der Waals surface area contributed by atoms with Gasteiger partial charge in [-0.25, -0.2) is 8.42 Å². The third-order valence-electron chi connectivity index (χ3n) is 4.61. The summed E-state index contributed by atoms with van der Waals surface area (Å²) in [6, 6.07) is 11.1. The fourth-order valence-electron chi connectivity index (χ4n) is 2.92. The predicted octanol–water partition coefficient (Wildman–Crippen LogP) is 2.54. The second-order valence-corrected chi connectivity index (χ2v) is 8.88. The molecule has 1 N–H and O–H groups in total. The van der Waals surface area contributed by atoms with E-state index in [-0.39, 0.29) is 15.5 Å². The number of hydrogen-bond acceptors (Lipinski definition) is 5. The van der Waals surface area contributed by atoms with Crippen LogP contribution in [-0.4, -0.2) is 63.9 Å². The molecule has 1 aliphatic heterocycles. The van der Waals surface area contributed by atoms with E-state index in [0.717, 1.165) is 0 Å². The summed E-state index contributed by atoms with van der Waals surface area (Å²) in [6.07, 6.45) is 0. The van der Waals surface area contributed by atoms with Gasteiger partial charge in [0.25, 0.3) is 5.91 Å². The first-order valence-electron chi connectivity index (χ1n) is 8.75. The van der Waals surface area contributed by atoms with Gasteiger partial charge in [0, 0.05) is 37.9 Å². The van der Waals surface area contributed by atoms with Crippen LogP contribution in [0.4, 0.5) is 5.69 Å². The highest BCUT2D eigenvalue weighted by atomic mass is 35.5. The molecular weight excluding hydrogens is 402 g/mol. The van der Waals surface area contributed by atoms with Gasteiger partial charge in [0.15, 0.2) is 0 Å². The number of methoxy groups -OCH3 is 1. The van der Waals surface area contributed by atoms with Crippen molar-refractivity contribution in [1.82, 2.24) is 9.21 Å². The van der Waals surface area contributed by atoms with Crippen molar-refractivity contribution in [3.05, 3.63) is 53.1 Å². The van der Waals surface area contributed by atoms with Gasteiger partial charge in [-0.15, -0.1) is 0 Å². The largest absolute Gasteiger partial charge is 0.497 e. The van der Waals surface area contributed by atoms with Gasteiger partial charge < -0.3 is 15.0 Å². The smallest absolute Gasteiger partial charge is 0.257 e. The van der Waals surface area contributed by atoms with E-state index in [1.165, 1.54) is 29.6 Å². The first-order chi connectivity index (χ1) is 13.3. The number of nitrogens with one attached hydrogen (secondary N) is 1. The minimum absolute atomic E-state index is 0.0530. The molecule has 0 atom stereocenters. The van der Waals surface area contributed by atoms with Crippen LogP contribution in [0.25, 0.3) is 0 Å². The molecule has 2 aromatic carbocycles. The molecule has 0 bridgehead atoms. The molecule has 2 aromatic rings. The maximum atomic E-state index is 12.9. The lowest BCUT2D eigenvalue weighted by molar-refractivity contribution is 0.102. The maximum Gasteiger partial charge on any atom is 0.257 e. The number of rotatable bonds is 5. The summed E-state index contributed by atoms with van der Waals surface area (Å²) in [6.45, 7) is 2.14. The molecule has 150 valence electrons. The third-order valence-corrected chi connectivity index (χ3v) is 6.83. The number of sulfonamides is 1. The molecule has 1 aliphatic rings. The zero-order valence-corrected chi connectivity index (χ0v) is 17.3. The molecule has 1 amide bonds. The Labute approximate surface area is 169 Å². The number of amides is 1. The number of benzene rings is 2. The van der Waals surface area contributed by atoms with Gasteiger partial charge in [0.2, 0.25) is 10.0 Å². The number of anilines is 1. The number of ether oxygens (including phenoxy) is 1. The summed E-state index contributed by atoms with van der Waals surface area (Å²) in [7, 11) is -0.210. The monoisotopic (exact) mass is 423 g/mol. The van der Waals surface area contributed by atoms with E-state index in [4.69, 9.17) is 16.3 Å². The second-order valence-electron chi connectivity index (χ2n) is 6.54. The number of hydrogen-bond donors (Lipinski definition) is 1. The molecule has 0 radical (unpaired) electrons. The van der Waals surface area contributed by atoms with E-state index in [1.807, 2.05) is 7.05 Å². The highest BCUT2D eigenvalue weighted by Crippen LogP contribution is 2.25. The number of halogens is 1. The molecule has 3 rings (SSSR count). The molecule has 0 aromatic heterocycles. The van der Waals surface area contributed by atoms with Crippen LogP contribution in [0.5, 0.6) is 5.75 Å². The predicted molar refractivity (Wildman–Crippen MR) is 109 cm³/mol. The second kappa shape index (κ2) is 8.48. The van der Waals surface area contributed by atoms with Gasteiger partial charge in [-0.05, 0) is 37.4 Å². The molecule has 0 spiro atoms. The van der Waals surface area contributed by atoms with Crippen LogP contribution in [0.3, 0.4) is 0 Å². The van der Waals surface area contributed by atoms with Gasteiger partial charge in [-0.2, -0.15) is 4.31 Å². The average molecular weight is 424 g/mol. The van der Waals surface area contributed by atoms with Crippen LogP contribution in [0.15, 0.2) is 47.4 Å². The van der Waals surface area contributed by atoms with Crippen molar-refractivity contribution in [3.8, 4) is 5.75 Å². The summed E-state index contributed by atoms with van der Waals surface area (Å²) >= 11 is 6.17. The zero-order chi connectivity index (χ0) is 20.3. The highest BCUT2D eigenvalue weighted by Gasteiger charge is 2.28. The Bertz CT molecular complexity index is 973. The van der Waals surface area contributed by atoms with E-state index in [0.29, 0.717) is 37.6 Å². The van der Waals surface area contributed by atoms with Gasteiger partial charge in [0.05, 0.1) is 22.6 Å². The van der Waals surface area contributed by atoms with Crippen LogP contribution in [0, 0.1) is 0 Å². The third kappa shape index (κ3) is 4.47. The van der Waals surface area contributed by atoms with Crippen LogP contribution in [0.2, 0.25) is 5.02 Å². The molecule has 7 nitrogen and oxygen atoms in total. The first-order valence-corrected chi connectivity index (χ1v) is 10.6. The molecule has 1 heterocycles. The van der Waals surface area contributed by atoms with Crippen LogP contribution in [-0.2, 0) is 10.0 Å². The lowest BCUT2D eigenvalue weighted by Gasteiger charge is -2.31. The van der Waals surface area contributed by atoms with Gasteiger partial charge >= 0.3 is 0 Å². The van der Waals surface area contributed by atoms with Crippen molar-refractivity contribution in [1.29, 1.82) is 0 Å². The number of carbonyl (C=O) groups is 1. The Kier molecular flexibility index (Phi) is 6.24. The van der Waals surface area contributed by atoms with E-state index in [9.17, 15) is 13.2 Å². The molecular formula is C19H22ClN3O4S. The maximum absolute atomic E-state index is 12.9. The Morgan fingerprint density at radius 2 is 1.82 bits per heavy atom. The molecule has 0 unspecified atom stereocenters. The summed E-state index contributed by atoms with van der Waals surface area (Å²) in [5.74, 6) is 0.101. The Balaban J connectivity index is 1.85. The number of piperazine rings is 1. The summed E-state index contributed by atoms with van der Waals surface area (Å²) in [5.41, 5.74) is 0.618. The Morgan fingerprint density at radius 3 is 2.50 bits per heavy atom. The lowest BCUT2D eigenvalue weighted by Crippen LogP contribution is -2.47. The molecule has 1 fully saturated rings. The summed E-state index contributed by atoms with van der Waals surface area (Å²) < 4.78 is 32.4. The fourth-order valence-corrected chi connectivity index (χ4v) is 4.57. The van der Waals surface area contributed by atoms with Crippen LogP contribution < -0.4 is 10.1 Å². The first kappa shape index (κ1) is 20.6. The zero-order valence-electron chi connectivity index (χ0n) is 15.7. The molecule has 0 aliphatic carbocycles. The minimum Gasteiger partial charge on any atom is -0.497 e. The normalized spacial score (nSPS) is 16.0. The van der Waals surface area contributed by atoms with Gasteiger partial charge in [-0.3, -0.25) is 4.79 Å². The van der Waals surface area contributed by atoms with Crippen molar-refractivity contribution in [2.24, 2.45) is 0 Å². The van der Waals surface area contributed by atoms with E-state index in [2.05, 4.69) is 10.2 Å². The van der Waals surface area contributed by atoms with Gasteiger partial charge in [0.1, 0.15) is 5.75 Å². The fraction of sp³-hybridized carbons (Fsp3) is 0.316. The van der Waals surface area contributed by atoms with E-state index in [1.54, 1.807) is 24.3 Å². The molecule has 0 saturated carbocycles. The van der Waals surface area contributed by atoms with E-state index >= 15 is 0 Å². The highest BCUT2D eigenvalue weighted by molar-refractivity contribution is 7.89. The lowest BCUT2D eigenvalue weighted by atomic mass is 10.2. The Morgan fingerprint density at radius 1 is 1.11 bits per heavy atom. The van der Waals surface area contributed by atoms with Crippen molar-refractivity contribution in [2.45, 2.75) is 4.90 Å². The van der Waals surface area contributed by atoms with Crippen molar-refractivity contribution < 1.29 is 17.9 Å². The van der Waals surface area contributed by atoms with Crippen molar-refractivity contribution >= 4 is 33.2 Å². The average Bonchev–Trinajstić information content (AvgIpc) is 2.68. The summed E-state index contributed by atoms with van der Waals surface area (Å²) in [4.78, 5) is 14.8. The van der Waals surface area contributed by atoms with Crippen LogP contribution in [0.1, 0.15) is 10.4 Å². The standard InChI is InChI=1S/C19H22ClN3O4S/c1-22-8-10-23(11-9-22)28(25,26)16-6-7-18(20)17(13-16)19(24)21-14-4-3-5-15(12-14)27-2/h3-7,12-13H,8-11H2,1-2H3,(H,21,24). The SMILES string of the molecule is COc1cccc(NC(=O)c2cc(S(=O)(=O)N3CCN(C)CC3)ccc2Cl)c1. The molecule has 1 saturated heterocycles. The number of carbonyl (C=O) groups excluding carboxylic acids is 1. The molecule has 9 heteroatoms. The topological polar surface area (TPSA) is 78.9 Å². The van der Waals surface area contributed by atoms with Crippen molar-refractivity contribution in [3.63, 3.8) is 0 Å². The number of nitrogens with zero attached hydrogens (tertiary/aromatic N) is 2. The molecule has 28 heavy (non-hydrogen) atoms. The van der Waals surface area contributed by atoms with E-state index < -0.39 is 15.9 Å². The minimum atomic E-state index is -3.69. The van der Waals surface area contributed by atoms with Crippen molar-refractivity contribution in [2.75, 3.05) is 45.7 Å². The quantitative estimate of drug-likeness (QED) is 0.799. The summed E-state index contributed by atoms with van der Waals surface area (Å²) in [5, 5.41) is 2.90. The number of likely N-dealkylation sites (N-methyl/N-ethyl adjacent to an activating group) is 1. The van der Waals surface area contributed by atoms with Crippen LogP contribution >= 0.6 is 11.6 Å². The van der Waals surface area contributed by atoms with Gasteiger partial charge in [-0.1, -0.05) is 17.7 Å².